The largest absolute Gasteiger partial charge is 0.457 e. The number of rotatable bonds is 32. The van der Waals surface area contributed by atoms with Crippen molar-refractivity contribution in [3.05, 3.63) is 482 Å². The lowest BCUT2D eigenvalue weighted by atomic mass is 9.90. The molecule has 0 saturated carbocycles. The molecule has 17 rings (SSSR count). The maximum Gasteiger partial charge on any atom is 0.338 e. The zero-order valence-corrected chi connectivity index (χ0v) is 77.5. The molecule has 0 aliphatic carbocycles. The van der Waals surface area contributed by atoms with E-state index in [9.17, 15) is 33.6 Å². The fourth-order valence-corrected chi connectivity index (χ4v) is 16.8. The van der Waals surface area contributed by atoms with Crippen molar-refractivity contribution in [1.82, 2.24) is 4.98 Å². The summed E-state index contributed by atoms with van der Waals surface area (Å²) >= 11 is 5.91. The van der Waals surface area contributed by atoms with Gasteiger partial charge in [0.25, 0.3) is 0 Å². The number of halogens is 1. The molecular weight excluding hydrogens is 1710 g/mol. The number of nitrogens with two attached hydrogens (primary N) is 5. The highest BCUT2D eigenvalue weighted by Crippen LogP contribution is 2.30. The Morgan fingerprint density at radius 1 is 0.287 bits per heavy atom. The Kier molecular flexibility index (Phi) is 35.8. The van der Waals surface area contributed by atoms with Crippen LogP contribution in [0.15, 0.2) is 376 Å². The zero-order chi connectivity index (χ0) is 95.8. The fourth-order valence-electron chi connectivity index (χ4n) is 16.6. The normalized spacial score (nSPS) is 12.0. The van der Waals surface area contributed by atoms with Crippen LogP contribution in [-0.4, -0.2) is 83.7 Å². The Bertz CT molecular complexity index is 6810. The van der Waals surface area contributed by atoms with Crippen LogP contribution >= 0.6 is 11.6 Å². The third-order valence-corrected chi connectivity index (χ3v) is 24.7. The molecule has 0 aliphatic heterocycles. The molecule has 0 amide bonds. The van der Waals surface area contributed by atoms with Crippen LogP contribution in [0.4, 0.5) is 0 Å². The summed E-state index contributed by atoms with van der Waals surface area (Å²) in [7, 11) is 0. The van der Waals surface area contributed by atoms with Gasteiger partial charge in [0, 0.05) is 87.6 Å². The molecule has 16 nitrogen and oxygen atoms in total. The van der Waals surface area contributed by atoms with Gasteiger partial charge < -0.3 is 43.2 Å². The summed E-state index contributed by atoms with van der Waals surface area (Å²) in [6, 6.07) is 117. The third-order valence-electron chi connectivity index (χ3n) is 24.4. The Morgan fingerprint density at radius 3 is 0.897 bits per heavy atom. The molecule has 0 radical (unpaired) electrons. The standard InChI is InChI=1S/C29H28N2O3.C28H25NO3.C21H21NO2.C21H21NO.C20H18ClNO/c1-19-3-10-26(20(2)13-19)29(33)34-18-21-4-7-23(8-5-21)27(16-30)28(32)15-22-6-9-25-17-31-12-11-24(25)14-22;29-18-26(27(30)17-21-12-13-22-6-4-5-9-25(22)16-21)23-14-10-20(11-15-23)19-32-28(31)24-7-2-1-3-8-24;22-13-20(18-9-5-15(14-23)6-10-18)21(24)12-16-7-8-17-3-1-2-4-19(17)11-16;1-15-6-9-18(10-7-15)20(14-22)21(23)13-16-8-11-17-4-2-3-5-19(17)12-16;21-18-9-7-16(8-10-18)19(13-22)20(23)12-14-5-6-15-3-1-2-4-17(15)11-14/h3-14,17,27H,15-16,18,30H2,1-2H3;1-16,26H,17-19,29H2;1-11,20,23H,12-14,22H2;2-12,20H,13-14,22H2,1H3;1-11,19H,12-13,22H2. The van der Waals surface area contributed by atoms with Gasteiger partial charge in [0.05, 0.1) is 47.3 Å². The topological polar surface area (TPSA) is 301 Å². The minimum absolute atomic E-state index is 0.00138. The second kappa shape index (κ2) is 49.3. The van der Waals surface area contributed by atoms with Crippen LogP contribution in [0.25, 0.3) is 53.9 Å². The summed E-state index contributed by atoms with van der Waals surface area (Å²) in [5.74, 6) is -1.73. The number of aliphatic hydroxyl groups is 1. The molecule has 0 aliphatic rings. The molecule has 0 bridgehead atoms. The van der Waals surface area contributed by atoms with Crippen molar-refractivity contribution in [3.8, 4) is 0 Å². The first kappa shape index (κ1) is 98.8. The van der Waals surface area contributed by atoms with Gasteiger partial charge in [-0.2, -0.15) is 0 Å². The van der Waals surface area contributed by atoms with Gasteiger partial charge in [0.2, 0.25) is 0 Å². The molecule has 0 fully saturated rings. The smallest absolute Gasteiger partial charge is 0.338 e. The summed E-state index contributed by atoms with van der Waals surface area (Å²) < 4.78 is 10.9. The third kappa shape index (κ3) is 27.5. The predicted molar refractivity (Wildman–Crippen MR) is 549 cm³/mol. The van der Waals surface area contributed by atoms with E-state index in [1.54, 1.807) is 48.7 Å². The number of benzene rings is 16. The molecule has 1 aromatic heterocycles. The van der Waals surface area contributed by atoms with Gasteiger partial charge in [0.1, 0.15) is 42.1 Å². The molecule has 1 heterocycles. The minimum Gasteiger partial charge on any atom is -0.457 e. The number of hydrogen-bond donors (Lipinski definition) is 6. The Morgan fingerprint density at radius 2 is 0.566 bits per heavy atom. The van der Waals surface area contributed by atoms with Gasteiger partial charge >= 0.3 is 11.9 Å². The summed E-state index contributed by atoms with van der Waals surface area (Å²) in [5, 5.41) is 21.2. The van der Waals surface area contributed by atoms with Crippen LogP contribution in [0, 0.1) is 20.8 Å². The van der Waals surface area contributed by atoms with Gasteiger partial charge in [0.15, 0.2) is 0 Å². The molecule has 5 atom stereocenters. The monoisotopic (exact) mass is 1820 g/mol. The van der Waals surface area contributed by atoms with E-state index in [0.29, 0.717) is 61.3 Å². The van der Waals surface area contributed by atoms with Gasteiger partial charge in [-0.1, -0.05) is 350 Å². The fraction of sp³-hybridized carbons (Fsp3) is 0.176. The number of aromatic nitrogens is 1. The second-order valence-electron chi connectivity index (χ2n) is 34.1. The van der Waals surface area contributed by atoms with Gasteiger partial charge in [-0.05, 0) is 184 Å². The van der Waals surface area contributed by atoms with E-state index in [1.807, 2.05) is 270 Å². The van der Waals surface area contributed by atoms with Crippen LogP contribution in [0.3, 0.4) is 0 Å². The Hall–Kier alpha value is -14.7. The number of aliphatic hydroxyl groups excluding tert-OH is 1. The SMILES string of the molecule is Cc1ccc(C(=O)OCc2ccc(C(CN)C(=O)Cc3ccc4cnccc4c3)cc2)c(C)c1.Cc1ccc(C(CN)C(=O)Cc2ccc3ccccc3c2)cc1.NCC(C(=O)Cc1ccc2ccccc2c1)c1ccc(CO)cc1.NCC(C(=O)Cc1ccc2ccccc2c1)c1ccc(COC(=O)c2ccccc2)cc1.NCC(C(=O)Cc1ccc2ccccc2c1)c1ccc(Cl)cc1. The number of ketones is 5. The second-order valence-corrected chi connectivity index (χ2v) is 34.6. The number of pyridine rings is 1. The Balaban J connectivity index is 0.000000145. The van der Waals surface area contributed by atoms with Crippen molar-refractivity contribution < 1.29 is 48.1 Å². The zero-order valence-electron chi connectivity index (χ0n) is 76.7. The van der Waals surface area contributed by atoms with Crippen LogP contribution < -0.4 is 28.7 Å². The first-order valence-electron chi connectivity index (χ1n) is 45.7. The van der Waals surface area contributed by atoms with Gasteiger partial charge in [-0.25, -0.2) is 9.59 Å². The summed E-state index contributed by atoms with van der Waals surface area (Å²) in [6.45, 7) is 7.67. The van der Waals surface area contributed by atoms with Crippen LogP contribution in [0.5, 0.6) is 0 Å². The van der Waals surface area contributed by atoms with Crippen molar-refractivity contribution in [3.63, 3.8) is 0 Å². The number of ether oxygens (including phenoxy) is 2. The van der Waals surface area contributed by atoms with Crippen molar-refractivity contribution in [2.24, 2.45) is 28.7 Å². The Labute approximate surface area is 799 Å². The number of Topliss-reactive ketones (excluding diaryl/α,β-unsaturated/α-hetero) is 5. The van der Waals surface area contributed by atoms with E-state index in [0.717, 1.165) is 121 Å². The molecular formula is C119H113ClN6O10. The number of fused-ring (bicyclic) bond motifs is 5. The number of carbonyl (C=O) groups excluding carboxylic acids is 7. The lowest BCUT2D eigenvalue weighted by Gasteiger charge is -2.15. The quantitative estimate of drug-likeness (QED) is 0.0214. The minimum atomic E-state index is -0.389. The van der Waals surface area contributed by atoms with E-state index < -0.39 is 0 Å². The lowest BCUT2D eigenvalue weighted by Crippen LogP contribution is -2.23. The van der Waals surface area contributed by atoms with Crippen molar-refractivity contribution >= 4 is 106 Å². The molecule has 16 aromatic carbocycles. The molecule has 11 N–H and O–H groups in total. The highest BCUT2D eigenvalue weighted by molar-refractivity contribution is 6.30. The summed E-state index contributed by atoms with van der Waals surface area (Å²) in [5.41, 5.74) is 45.9. The average molecular weight is 1820 g/mol. The summed E-state index contributed by atoms with van der Waals surface area (Å²) in [6.07, 6.45) is 5.38. The highest BCUT2D eigenvalue weighted by atomic mass is 35.5. The molecule has 136 heavy (non-hydrogen) atoms. The van der Waals surface area contributed by atoms with Crippen molar-refractivity contribution in [2.75, 3.05) is 32.7 Å². The molecule has 5 unspecified atom stereocenters. The van der Waals surface area contributed by atoms with E-state index >= 15 is 0 Å². The maximum atomic E-state index is 13.0. The van der Waals surface area contributed by atoms with Gasteiger partial charge in [-0.15, -0.1) is 0 Å². The first-order valence-corrected chi connectivity index (χ1v) is 46.0. The highest BCUT2D eigenvalue weighted by Gasteiger charge is 2.26. The molecule has 686 valence electrons. The number of hydrogen-bond acceptors (Lipinski definition) is 16. The van der Waals surface area contributed by atoms with Crippen LogP contribution in [-0.2, 0) is 85.4 Å². The number of carbonyl (C=O) groups is 7. The van der Waals surface area contributed by atoms with E-state index in [2.05, 4.69) is 83.8 Å². The van der Waals surface area contributed by atoms with Crippen LogP contribution in [0.1, 0.15) is 139 Å². The van der Waals surface area contributed by atoms with E-state index in [-0.39, 0.29) is 110 Å². The van der Waals surface area contributed by atoms with Crippen molar-refractivity contribution in [1.29, 1.82) is 0 Å². The molecule has 17 heteroatoms. The molecule has 0 saturated heterocycles. The van der Waals surface area contributed by atoms with Crippen LogP contribution in [0.2, 0.25) is 5.02 Å². The predicted octanol–water partition coefficient (Wildman–Crippen LogP) is 21.6. The average Bonchev–Trinajstić information content (AvgIpc) is 0.838. The lowest BCUT2D eigenvalue weighted by molar-refractivity contribution is -0.120. The van der Waals surface area contributed by atoms with E-state index in [1.165, 1.54) is 21.7 Å². The molecule has 17 aromatic rings. The number of nitrogens with zero attached hydrogens (tertiary/aromatic N) is 1. The number of aryl methyl sites for hydroxylation is 3. The van der Waals surface area contributed by atoms with Crippen molar-refractivity contribution in [2.45, 2.75) is 102 Å². The number of esters is 2. The molecule has 0 spiro atoms. The first-order chi connectivity index (χ1) is 66.1. The summed E-state index contributed by atoms with van der Waals surface area (Å²) in [4.78, 5) is 92.7. The van der Waals surface area contributed by atoms with Gasteiger partial charge in [-0.3, -0.25) is 29.0 Å². The van der Waals surface area contributed by atoms with E-state index in [4.69, 9.17) is 54.8 Å². The maximum absolute atomic E-state index is 13.0.